The van der Waals surface area contributed by atoms with Gasteiger partial charge in [-0.05, 0) is 6.42 Å². The second-order valence-electron chi connectivity index (χ2n) is 5.45. The second kappa shape index (κ2) is 6.60. The average Bonchev–Trinajstić information content (AvgIpc) is 2.81. The van der Waals surface area contributed by atoms with Gasteiger partial charge in [0, 0.05) is 35.1 Å². The number of methoxy groups -OCH3 is 1. The van der Waals surface area contributed by atoms with Crippen LogP contribution < -0.4 is 0 Å². The van der Waals surface area contributed by atoms with E-state index < -0.39 is 38.9 Å². The van der Waals surface area contributed by atoms with E-state index >= 15 is 0 Å². The summed E-state index contributed by atoms with van der Waals surface area (Å²) >= 11 is 6.38. The maximum Gasteiger partial charge on any atom is 0.330 e. The Labute approximate surface area is 141 Å². The van der Waals surface area contributed by atoms with Crippen LogP contribution in [0.15, 0.2) is 12.2 Å². The van der Waals surface area contributed by atoms with Gasteiger partial charge in [-0.1, -0.05) is 13.0 Å². The number of fused-ring (bicyclic) bond motifs is 1. The summed E-state index contributed by atoms with van der Waals surface area (Å²) in [5.41, 5.74) is 0. The van der Waals surface area contributed by atoms with E-state index in [9.17, 15) is 23.7 Å². The minimum absolute atomic E-state index is 0.161. The molecule has 0 radical (unpaired) electrons. The molecule has 23 heavy (non-hydrogen) atoms. The number of hydrogen-bond acceptors (Lipinski definition) is 5. The summed E-state index contributed by atoms with van der Waals surface area (Å²) < 4.78 is 15.2. The molecule has 0 aromatic rings. The number of aliphatic carboxylic acids is 1. The largest absolute Gasteiger partial charge is 0.480 e. The van der Waals surface area contributed by atoms with Crippen molar-refractivity contribution >= 4 is 40.2 Å². The molecule has 5 atom stereocenters. The van der Waals surface area contributed by atoms with Crippen molar-refractivity contribution in [2.75, 3.05) is 12.9 Å². The van der Waals surface area contributed by atoms with Crippen LogP contribution in [0.1, 0.15) is 19.8 Å². The molecule has 2 fully saturated rings. The first-order chi connectivity index (χ1) is 10.8. The number of allylic oxidation sites excluding steroid dienone is 1. The first kappa shape index (κ1) is 17.9. The molecule has 128 valence electrons. The fraction of sp³-hybridized carbons (Fsp3) is 0.643. The summed E-state index contributed by atoms with van der Waals surface area (Å²) in [4.78, 5) is 36.1. The van der Waals surface area contributed by atoms with Gasteiger partial charge >= 0.3 is 11.9 Å². The number of carbonyl (C=O) groups excluding carboxylic acids is 2. The van der Waals surface area contributed by atoms with Gasteiger partial charge in [-0.3, -0.25) is 9.00 Å². The lowest BCUT2D eigenvalue weighted by molar-refractivity contribution is -0.163. The summed E-state index contributed by atoms with van der Waals surface area (Å²) in [6, 6.07) is -1.66. The van der Waals surface area contributed by atoms with Crippen LogP contribution >= 0.6 is 11.6 Å². The average molecular weight is 364 g/mol. The number of nitrogens with zero attached hydrogens (tertiary/aromatic N) is 1. The number of carboxylic acids is 1. The molecule has 0 aromatic carbocycles. The minimum Gasteiger partial charge on any atom is -0.480 e. The van der Waals surface area contributed by atoms with Gasteiger partial charge in [-0.2, -0.15) is 0 Å². The highest BCUT2D eigenvalue weighted by Gasteiger charge is 2.67. The Morgan fingerprint density at radius 2 is 2.22 bits per heavy atom. The minimum atomic E-state index is -1.57. The van der Waals surface area contributed by atoms with Gasteiger partial charge in [0.2, 0.25) is 5.91 Å². The molecule has 1 N–H and O–H groups in total. The molecule has 4 unspecified atom stereocenters. The first-order valence-electron chi connectivity index (χ1n) is 7.14. The molecule has 2 aliphatic rings. The topological polar surface area (TPSA) is 101 Å². The number of alkyl halides is 1. The molecule has 2 rings (SSSR count). The SMILES string of the molecule is CCS(=O)C1(Cl)CC2C(CC=CC(=O)OC)C(=O)N2[C@H]1C(=O)O. The van der Waals surface area contributed by atoms with Crippen molar-refractivity contribution < 1.29 is 28.4 Å². The summed E-state index contributed by atoms with van der Waals surface area (Å²) in [5, 5.41) is 9.41. The molecule has 2 saturated heterocycles. The van der Waals surface area contributed by atoms with Gasteiger partial charge in [0.05, 0.1) is 13.0 Å². The summed E-state index contributed by atoms with van der Waals surface area (Å²) in [7, 11) is -0.316. The van der Waals surface area contributed by atoms with Crippen LogP contribution in [0, 0.1) is 5.92 Å². The van der Waals surface area contributed by atoms with Crippen LogP contribution in [0.2, 0.25) is 0 Å². The number of rotatable bonds is 6. The van der Waals surface area contributed by atoms with Gasteiger partial charge in [-0.15, -0.1) is 11.6 Å². The van der Waals surface area contributed by atoms with Crippen molar-refractivity contribution in [3.05, 3.63) is 12.2 Å². The van der Waals surface area contributed by atoms with Crippen LogP contribution in [-0.4, -0.2) is 61.2 Å². The highest BCUT2D eigenvalue weighted by molar-refractivity contribution is 7.88. The van der Waals surface area contributed by atoms with E-state index in [-0.39, 0.29) is 30.5 Å². The zero-order chi connectivity index (χ0) is 17.4. The van der Waals surface area contributed by atoms with Crippen LogP contribution in [0.3, 0.4) is 0 Å². The monoisotopic (exact) mass is 363 g/mol. The van der Waals surface area contributed by atoms with Gasteiger partial charge in [-0.25, -0.2) is 9.59 Å². The number of amides is 1. The molecule has 0 spiro atoms. The Bertz CT molecular complexity index is 594. The molecule has 9 heteroatoms. The van der Waals surface area contributed by atoms with E-state index in [4.69, 9.17) is 11.6 Å². The summed E-state index contributed by atoms with van der Waals surface area (Å²) in [6.45, 7) is 1.66. The van der Waals surface area contributed by atoms with Crippen molar-refractivity contribution in [3.8, 4) is 0 Å². The van der Waals surface area contributed by atoms with Gasteiger partial charge in [0.25, 0.3) is 0 Å². The fourth-order valence-electron chi connectivity index (χ4n) is 3.19. The Kier molecular flexibility index (Phi) is 5.15. The molecule has 0 aromatic heterocycles. The lowest BCUT2D eigenvalue weighted by Gasteiger charge is -2.44. The van der Waals surface area contributed by atoms with Crippen LogP contribution in [-0.2, 0) is 29.9 Å². The van der Waals surface area contributed by atoms with E-state index in [1.807, 2.05) is 0 Å². The Balaban J connectivity index is 2.18. The van der Waals surface area contributed by atoms with Crippen molar-refractivity contribution in [2.24, 2.45) is 5.92 Å². The predicted molar refractivity (Wildman–Crippen MR) is 83.2 cm³/mol. The molecule has 0 aliphatic carbocycles. The van der Waals surface area contributed by atoms with Crippen LogP contribution in [0.5, 0.6) is 0 Å². The second-order valence-corrected chi connectivity index (χ2v) is 8.34. The number of esters is 1. The third-order valence-corrected chi connectivity index (χ3v) is 6.84. The van der Waals surface area contributed by atoms with E-state index in [0.717, 1.165) is 0 Å². The van der Waals surface area contributed by atoms with Gasteiger partial charge < -0.3 is 14.7 Å². The zero-order valence-electron chi connectivity index (χ0n) is 12.7. The van der Waals surface area contributed by atoms with Gasteiger partial charge in [0.15, 0.2) is 10.2 Å². The molecule has 2 heterocycles. The summed E-state index contributed by atoms with van der Waals surface area (Å²) in [5.74, 6) is -2.35. The summed E-state index contributed by atoms with van der Waals surface area (Å²) in [6.07, 6.45) is 3.19. The molecular formula is C14H18ClNO6S. The normalized spacial score (nSPS) is 34.1. The predicted octanol–water partition coefficient (Wildman–Crippen LogP) is 0.493. The number of ether oxygens (including phenoxy) is 1. The van der Waals surface area contributed by atoms with Crippen molar-refractivity contribution in [1.29, 1.82) is 0 Å². The smallest absolute Gasteiger partial charge is 0.330 e. The maximum atomic E-state index is 12.3. The zero-order valence-corrected chi connectivity index (χ0v) is 14.3. The number of carboxylic acid groups (broad SMARTS) is 1. The molecule has 1 amide bonds. The Morgan fingerprint density at radius 1 is 1.57 bits per heavy atom. The third-order valence-electron chi connectivity index (χ3n) is 4.29. The molecule has 2 aliphatic heterocycles. The van der Waals surface area contributed by atoms with Crippen LogP contribution in [0.4, 0.5) is 0 Å². The van der Waals surface area contributed by atoms with E-state index in [1.165, 1.54) is 24.2 Å². The van der Waals surface area contributed by atoms with Crippen molar-refractivity contribution in [3.63, 3.8) is 0 Å². The van der Waals surface area contributed by atoms with E-state index in [2.05, 4.69) is 4.74 Å². The number of hydrogen-bond donors (Lipinski definition) is 1. The molecule has 0 saturated carbocycles. The number of carbonyl (C=O) groups is 3. The lowest BCUT2D eigenvalue weighted by Crippen LogP contribution is -2.62. The highest BCUT2D eigenvalue weighted by Crippen LogP contribution is 2.50. The van der Waals surface area contributed by atoms with Crippen molar-refractivity contribution in [1.82, 2.24) is 4.90 Å². The maximum absolute atomic E-state index is 12.3. The van der Waals surface area contributed by atoms with E-state index in [1.54, 1.807) is 6.92 Å². The van der Waals surface area contributed by atoms with Crippen LogP contribution in [0.25, 0.3) is 0 Å². The lowest BCUT2D eigenvalue weighted by atomic mass is 9.85. The fourth-order valence-corrected chi connectivity index (χ4v) is 5.18. The number of β-lactam (4-membered cyclic amide) rings is 1. The highest BCUT2D eigenvalue weighted by atomic mass is 35.5. The van der Waals surface area contributed by atoms with Crippen molar-refractivity contribution in [2.45, 2.75) is 36.1 Å². The Morgan fingerprint density at radius 3 is 2.74 bits per heavy atom. The first-order valence-corrected chi connectivity index (χ1v) is 8.84. The van der Waals surface area contributed by atoms with Gasteiger partial charge in [0.1, 0.15) is 0 Å². The molecule has 0 bridgehead atoms. The number of halogens is 1. The quantitative estimate of drug-likeness (QED) is 0.319. The molecule has 7 nitrogen and oxygen atoms in total. The standard InChI is InChI=1S/C14H18ClNO6S/c1-3-23(21)14(15)7-9-8(5-4-6-10(17)22-2)12(18)16(9)11(14)13(19)20/h4,6,8-9,11H,3,5,7H2,1-2H3,(H,19,20)/t8?,9?,11-,14?,23?/m0/s1. The van der Waals surface area contributed by atoms with E-state index in [0.29, 0.717) is 0 Å². The molecular weight excluding hydrogens is 346 g/mol. The third kappa shape index (κ3) is 2.89. The Hall–Kier alpha value is -1.41.